The standard InChI is InChI=1S/C15H17ClN4O3S3/c16-11-5-6-13(25-11)26(22,23)10-7-18-15(20-14(10)17)24-8-12(21)19-9-3-1-2-4-9/h5-7,9H,1-4,8H2,(H,19,21)(H2,17,18,20). The van der Waals surface area contributed by atoms with Gasteiger partial charge in [-0.05, 0) is 25.0 Å². The molecule has 1 fully saturated rings. The topological polar surface area (TPSA) is 115 Å². The maximum Gasteiger partial charge on any atom is 0.230 e. The summed E-state index contributed by atoms with van der Waals surface area (Å²) in [5.74, 6) is -0.0834. The van der Waals surface area contributed by atoms with Gasteiger partial charge in [0.15, 0.2) is 5.16 Å². The fourth-order valence-electron chi connectivity index (χ4n) is 2.66. The van der Waals surface area contributed by atoms with Crippen molar-refractivity contribution in [2.24, 2.45) is 0 Å². The van der Waals surface area contributed by atoms with Crippen molar-refractivity contribution < 1.29 is 13.2 Å². The summed E-state index contributed by atoms with van der Waals surface area (Å²) in [5, 5.41) is 3.23. The number of anilines is 1. The van der Waals surface area contributed by atoms with Gasteiger partial charge in [0.2, 0.25) is 15.7 Å². The zero-order valence-electron chi connectivity index (χ0n) is 13.6. The van der Waals surface area contributed by atoms with Crippen molar-refractivity contribution in [3.8, 4) is 0 Å². The molecule has 0 saturated heterocycles. The number of nitrogens with zero attached hydrogens (tertiary/aromatic N) is 2. The van der Waals surface area contributed by atoms with Gasteiger partial charge in [-0.2, -0.15) is 0 Å². The Morgan fingerprint density at radius 3 is 2.73 bits per heavy atom. The van der Waals surface area contributed by atoms with E-state index in [1.54, 1.807) is 0 Å². The molecule has 0 atom stereocenters. The summed E-state index contributed by atoms with van der Waals surface area (Å²) in [4.78, 5) is 19.8. The van der Waals surface area contributed by atoms with Crippen molar-refractivity contribution in [1.82, 2.24) is 15.3 Å². The molecule has 3 rings (SSSR count). The number of sulfone groups is 1. The average Bonchev–Trinajstić information content (AvgIpc) is 3.24. The highest BCUT2D eigenvalue weighted by Crippen LogP contribution is 2.32. The molecule has 0 unspecified atom stereocenters. The Morgan fingerprint density at radius 1 is 1.38 bits per heavy atom. The van der Waals surface area contributed by atoms with Gasteiger partial charge < -0.3 is 11.1 Å². The molecule has 2 aromatic heterocycles. The lowest BCUT2D eigenvalue weighted by Crippen LogP contribution is -2.33. The predicted molar refractivity (Wildman–Crippen MR) is 102 cm³/mol. The first kappa shape index (κ1) is 19.4. The van der Waals surface area contributed by atoms with Crippen LogP contribution in [0.5, 0.6) is 0 Å². The van der Waals surface area contributed by atoms with Crippen LogP contribution in [0.3, 0.4) is 0 Å². The molecule has 2 heterocycles. The number of rotatable bonds is 6. The third-order valence-corrected chi connectivity index (χ3v) is 8.27. The van der Waals surface area contributed by atoms with E-state index >= 15 is 0 Å². The summed E-state index contributed by atoms with van der Waals surface area (Å²) in [6.45, 7) is 0. The Morgan fingerprint density at radius 2 is 2.12 bits per heavy atom. The van der Waals surface area contributed by atoms with Crippen molar-refractivity contribution in [2.75, 3.05) is 11.5 Å². The maximum atomic E-state index is 12.6. The average molecular weight is 433 g/mol. The number of hydrogen-bond donors (Lipinski definition) is 2. The van der Waals surface area contributed by atoms with Crippen LogP contribution in [0.4, 0.5) is 5.82 Å². The number of amides is 1. The van der Waals surface area contributed by atoms with Crippen LogP contribution in [0.15, 0.2) is 32.6 Å². The first-order chi connectivity index (χ1) is 12.4. The Labute approximate surface area is 164 Å². The van der Waals surface area contributed by atoms with Gasteiger partial charge in [-0.25, -0.2) is 18.4 Å². The number of hydrogen-bond acceptors (Lipinski definition) is 8. The molecule has 1 aliphatic rings. The van der Waals surface area contributed by atoms with Crippen LogP contribution < -0.4 is 11.1 Å². The van der Waals surface area contributed by atoms with Gasteiger partial charge in [0, 0.05) is 6.04 Å². The summed E-state index contributed by atoms with van der Waals surface area (Å²) >= 11 is 7.86. The third-order valence-electron chi connectivity index (χ3n) is 3.92. The molecule has 0 aromatic carbocycles. The molecule has 1 saturated carbocycles. The summed E-state index contributed by atoms with van der Waals surface area (Å²) in [5.41, 5.74) is 5.82. The van der Waals surface area contributed by atoms with E-state index < -0.39 is 9.84 Å². The van der Waals surface area contributed by atoms with Crippen molar-refractivity contribution in [3.63, 3.8) is 0 Å². The molecule has 0 bridgehead atoms. The van der Waals surface area contributed by atoms with Crippen LogP contribution in [-0.2, 0) is 14.6 Å². The van der Waals surface area contributed by atoms with Crippen LogP contribution >= 0.6 is 34.7 Å². The zero-order valence-corrected chi connectivity index (χ0v) is 16.8. The molecular weight excluding hydrogens is 416 g/mol. The lowest BCUT2D eigenvalue weighted by molar-refractivity contribution is -0.119. The second kappa shape index (κ2) is 8.12. The molecule has 26 heavy (non-hydrogen) atoms. The first-order valence-electron chi connectivity index (χ1n) is 7.91. The normalized spacial score (nSPS) is 15.3. The van der Waals surface area contributed by atoms with Crippen LogP contribution in [0.2, 0.25) is 4.34 Å². The number of thioether (sulfide) groups is 1. The summed E-state index contributed by atoms with van der Waals surface area (Å²) in [6, 6.07) is 3.17. The van der Waals surface area contributed by atoms with Crippen LogP contribution in [0.25, 0.3) is 0 Å². The zero-order chi connectivity index (χ0) is 18.7. The number of nitrogens with one attached hydrogen (secondary N) is 1. The highest BCUT2D eigenvalue weighted by molar-refractivity contribution is 7.99. The quantitative estimate of drug-likeness (QED) is 0.532. The molecule has 3 N–H and O–H groups in total. The summed E-state index contributed by atoms with van der Waals surface area (Å²) in [6.07, 6.45) is 5.48. The largest absolute Gasteiger partial charge is 0.382 e. The van der Waals surface area contributed by atoms with Gasteiger partial charge >= 0.3 is 0 Å². The van der Waals surface area contributed by atoms with E-state index in [9.17, 15) is 13.2 Å². The second-order valence-corrected chi connectivity index (χ2v) is 10.6. The van der Waals surface area contributed by atoms with Crippen molar-refractivity contribution in [2.45, 2.75) is 46.0 Å². The molecule has 11 heteroatoms. The minimum atomic E-state index is -3.82. The molecule has 7 nitrogen and oxygen atoms in total. The van der Waals surface area contributed by atoms with E-state index in [1.807, 2.05) is 0 Å². The minimum Gasteiger partial charge on any atom is -0.382 e. The molecule has 0 spiro atoms. The molecule has 1 aliphatic carbocycles. The van der Waals surface area contributed by atoms with E-state index in [1.165, 1.54) is 18.3 Å². The fourth-order valence-corrected chi connectivity index (χ4v) is 6.17. The van der Waals surface area contributed by atoms with E-state index in [-0.39, 0.29) is 37.8 Å². The van der Waals surface area contributed by atoms with Gasteiger partial charge in [0.25, 0.3) is 0 Å². The first-order valence-corrected chi connectivity index (χ1v) is 11.6. The van der Waals surface area contributed by atoms with E-state index in [4.69, 9.17) is 17.3 Å². The Bertz CT molecular complexity index is 911. The van der Waals surface area contributed by atoms with Crippen molar-refractivity contribution >= 4 is 56.3 Å². The van der Waals surface area contributed by atoms with E-state index in [0.29, 0.717) is 4.34 Å². The van der Waals surface area contributed by atoms with Crippen LogP contribution in [0, 0.1) is 0 Å². The molecule has 1 amide bonds. The van der Waals surface area contributed by atoms with Gasteiger partial charge in [-0.15, -0.1) is 11.3 Å². The molecule has 140 valence electrons. The SMILES string of the molecule is Nc1nc(SCC(=O)NC2CCCC2)ncc1S(=O)(=O)c1ccc(Cl)s1. The number of carbonyl (C=O) groups is 1. The lowest BCUT2D eigenvalue weighted by Gasteiger charge is -2.11. The Balaban J connectivity index is 1.66. The van der Waals surface area contributed by atoms with E-state index in [0.717, 1.165) is 48.8 Å². The third kappa shape index (κ3) is 4.48. The van der Waals surface area contributed by atoms with E-state index in [2.05, 4.69) is 15.3 Å². The summed E-state index contributed by atoms with van der Waals surface area (Å²) < 4.78 is 25.6. The maximum absolute atomic E-state index is 12.6. The molecule has 2 aromatic rings. The minimum absolute atomic E-state index is 0.0779. The predicted octanol–water partition coefficient (Wildman–Crippen LogP) is 2.76. The van der Waals surface area contributed by atoms with Crippen molar-refractivity contribution in [3.05, 3.63) is 22.7 Å². The molecule has 0 aliphatic heterocycles. The Hall–Kier alpha value is -1.36. The number of thiophene rings is 1. The number of halogens is 1. The lowest BCUT2D eigenvalue weighted by atomic mass is 10.2. The number of carbonyl (C=O) groups excluding carboxylic acids is 1. The van der Waals surface area contributed by atoms with Gasteiger partial charge in [-0.1, -0.05) is 36.2 Å². The van der Waals surface area contributed by atoms with Gasteiger partial charge in [-0.3, -0.25) is 4.79 Å². The Kier molecular flexibility index (Phi) is 6.06. The number of aromatic nitrogens is 2. The summed E-state index contributed by atoms with van der Waals surface area (Å²) in [7, 11) is -3.82. The smallest absolute Gasteiger partial charge is 0.230 e. The highest BCUT2D eigenvalue weighted by Gasteiger charge is 2.24. The molecule has 0 radical (unpaired) electrons. The van der Waals surface area contributed by atoms with Crippen LogP contribution in [-0.4, -0.2) is 36.1 Å². The van der Waals surface area contributed by atoms with Crippen molar-refractivity contribution in [1.29, 1.82) is 0 Å². The van der Waals surface area contributed by atoms with Gasteiger partial charge in [0.05, 0.1) is 16.3 Å². The number of nitrogen functional groups attached to an aromatic ring is 1. The van der Waals surface area contributed by atoms with Crippen LogP contribution in [0.1, 0.15) is 25.7 Å². The van der Waals surface area contributed by atoms with Gasteiger partial charge in [0.1, 0.15) is 14.9 Å². The highest BCUT2D eigenvalue weighted by atomic mass is 35.5. The monoisotopic (exact) mass is 432 g/mol. The second-order valence-electron chi connectivity index (χ2n) is 5.80. The fraction of sp³-hybridized carbons (Fsp3) is 0.400. The molecular formula is C15H17ClN4O3S3. The number of nitrogens with two attached hydrogens (primary N) is 1.